The van der Waals surface area contributed by atoms with Gasteiger partial charge in [0.2, 0.25) is 5.91 Å². The number of methoxy groups -OCH3 is 1. The number of anilines is 1. The highest BCUT2D eigenvalue weighted by atomic mass is 32.2. The Labute approximate surface area is 115 Å². The van der Waals surface area contributed by atoms with E-state index in [0.717, 1.165) is 0 Å². The molecule has 0 bridgehead atoms. The third-order valence-corrected chi connectivity index (χ3v) is 3.07. The molecular formula is C12H14N2O4S. The lowest BCUT2D eigenvalue weighted by molar-refractivity contribution is -0.385. The van der Waals surface area contributed by atoms with Crippen LogP contribution in [0.25, 0.3) is 0 Å². The van der Waals surface area contributed by atoms with Crippen molar-refractivity contribution in [2.45, 2.75) is 0 Å². The van der Waals surface area contributed by atoms with Gasteiger partial charge in [-0.1, -0.05) is 6.08 Å². The fourth-order valence-electron chi connectivity index (χ4n) is 1.34. The van der Waals surface area contributed by atoms with Gasteiger partial charge in [-0.15, -0.1) is 18.3 Å². The van der Waals surface area contributed by atoms with Gasteiger partial charge in [0.05, 0.1) is 17.8 Å². The number of carbonyl (C=O) groups excluding carboxylic acids is 1. The highest BCUT2D eigenvalue weighted by molar-refractivity contribution is 8.00. The summed E-state index contributed by atoms with van der Waals surface area (Å²) in [5.41, 5.74) is 0.191. The lowest BCUT2D eigenvalue weighted by atomic mass is 10.2. The molecule has 19 heavy (non-hydrogen) atoms. The number of nitro groups is 1. The maximum atomic E-state index is 11.6. The predicted octanol–water partition coefficient (Wildman–Crippen LogP) is 2.46. The molecule has 0 heterocycles. The lowest BCUT2D eigenvalue weighted by Crippen LogP contribution is -2.14. The summed E-state index contributed by atoms with van der Waals surface area (Å²) in [6.45, 7) is 3.55. The fraction of sp³-hybridized carbons (Fsp3) is 0.250. The first-order valence-corrected chi connectivity index (χ1v) is 6.55. The van der Waals surface area contributed by atoms with Crippen molar-refractivity contribution in [2.24, 2.45) is 0 Å². The second kappa shape index (κ2) is 7.42. The largest absolute Gasteiger partial charge is 0.490 e. The van der Waals surface area contributed by atoms with Crippen molar-refractivity contribution in [2.75, 3.05) is 23.9 Å². The highest BCUT2D eigenvalue weighted by Crippen LogP contribution is 2.29. The first-order chi connectivity index (χ1) is 9.08. The van der Waals surface area contributed by atoms with E-state index in [4.69, 9.17) is 4.74 Å². The van der Waals surface area contributed by atoms with Crippen LogP contribution < -0.4 is 10.1 Å². The first kappa shape index (κ1) is 15.0. The maximum Gasteiger partial charge on any atom is 0.312 e. The smallest absolute Gasteiger partial charge is 0.312 e. The van der Waals surface area contributed by atoms with E-state index in [1.807, 2.05) is 0 Å². The average Bonchev–Trinajstić information content (AvgIpc) is 2.39. The number of hydrogen-bond donors (Lipinski definition) is 1. The molecule has 1 amide bonds. The molecule has 102 valence electrons. The number of nitro benzene ring substituents is 1. The quantitative estimate of drug-likeness (QED) is 0.359. The molecule has 0 radical (unpaired) electrons. The Bertz CT molecular complexity index is 491. The summed E-state index contributed by atoms with van der Waals surface area (Å²) in [6.07, 6.45) is 1.70. The summed E-state index contributed by atoms with van der Waals surface area (Å²) in [4.78, 5) is 21.8. The molecule has 0 fully saturated rings. The van der Waals surface area contributed by atoms with Crippen LogP contribution in [0.2, 0.25) is 0 Å². The standard InChI is InChI=1S/C12H14N2O4S/c1-3-6-19-8-12(15)13-9-4-5-11(18-2)10(7-9)14(16)17/h3-5,7H,1,6,8H2,2H3,(H,13,15). The number of benzene rings is 1. The number of rotatable bonds is 7. The van der Waals surface area contributed by atoms with Gasteiger partial charge in [-0.2, -0.15) is 0 Å². The minimum absolute atomic E-state index is 0.157. The number of carbonyl (C=O) groups is 1. The number of amides is 1. The van der Waals surface area contributed by atoms with Crippen molar-refractivity contribution in [1.29, 1.82) is 0 Å². The van der Waals surface area contributed by atoms with Crippen molar-refractivity contribution in [3.8, 4) is 5.75 Å². The molecule has 0 spiro atoms. The Morgan fingerprint density at radius 2 is 2.37 bits per heavy atom. The SMILES string of the molecule is C=CCSCC(=O)Nc1ccc(OC)c([N+](=O)[O-])c1. The van der Waals surface area contributed by atoms with Crippen LogP contribution >= 0.6 is 11.8 Å². The third kappa shape index (κ3) is 4.63. The molecule has 1 N–H and O–H groups in total. The molecule has 1 aromatic carbocycles. The second-order valence-corrected chi connectivity index (χ2v) is 4.53. The van der Waals surface area contributed by atoms with Crippen LogP contribution in [-0.4, -0.2) is 29.4 Å². The number of thioether (sulfide) groups is 1. The molecule has 1 rings (SSSR count). The molecule has 0 aromatic heterocycles. The molecule has 0 atom stereocenters. The molecule has 6 nitrogen and oxygen atoms in total. The van der Waals surface area contributed by atoms with E-state index >= 15 is 0 Å². The summed E-state index contributed by atoms with van der Waals surface area (Å²) >= 11 is 1.41. The monoisotopic (exact) mass is 282 g/mol. The summed E-state index contributed by atoms with van der Waals surface area (Å²) < 4.78 is 4.88. The van der Waals surface area contributed by atoms with Gasteiger partial charge in [0, 0.05) is 17.5 Å². The number of ether oxygens (including phenoxy) is 1. The Balaban J connectivity index is 2.74. The number of nitrogens with zero attached hydrogens (tertiary/aromatic N) is 1. The van der Waals surface area contributed by atoms with Crippen molar-refractivity contribution in [3.63, 3.8) is 0 Å². The lowest BCUT2D eigenvalue weighted by Gasteiger charge is -2.06. The minimum Gasteiger partial charge on any atom is -0.490 e. The zero-order valence-corrected chi connectivity index (χ0v) is 11.2. The van der Waals surface area contributed by atoms with E-state index in [1.165, 1.54) is 31.0 Å². The van der Waals surface area contributed by atoms with E-state index < -0.39 is 4.92 Å². The van der Waals surface area contributed by atoms with Gasteiger partial charge < -0.3 is 10.1 Å². The molecule has 1 aromatic rings. The van der Waals surface area contributed by atoms with Crippen LogP contribution in [0.15, 0.2) is 30.9 Å². The van der Waals surface area contributed by atoms with E-state index in [2.05, 4.69) is 11.9 Å². The molecule has 0 aliphatic heterocycles. The summed E-state index contributed by atoms with van der Waals surface area (Å²) in [6, 6.07) is 4.28. The van der Waals surface area contributed by atoms with Crippen LogP contribution in [0.1, 0.15) is 0 Å². The van der Waals surface area contributed by atoms with E-state index in [9.17, 15) is 14.9 Å². The van der Waals surface area contributed by atoms with Crippen LogP contribution in [0, 0.1) is 10.1 Å². The molecular weight excluding hydrogens is 268 g/mol. The summed E-state index contributed by atoms with van der Waals surface area (Å²) in [5.74, 6) is 0.887. The van der Waals surface area contributed by atoms with Crippen molar-refractivity contribution >= 4 is 29.0 Å². The Morgan fingerprint density at radius 1 is 1.63 bits per heavy atom. The number of hydrogen-bond acceptors (Lipinski definition) is 5. The van der Waals surface area contributed by atoms with Crippen LogP contribution in [0.5, 0.6) is 5.75 Å². The molecule has 0 saturated carbocycles. The van der Waals surface area contributed by atoms with Crippen LogP contribution in [0.4, 0.5) is 11.4 Å². The predicted molar refractivity (Wildman–Crippen MR) is 75.8 cm³/mol. The van der Waals surface area contributed by atoms with Gasteiger partial charge in [-0.25, -0.2) is 0 Å². The zero-order valence-electron chi connectivity index (χ0n) is 10.4. The molecule has 0 aliphatic rings. The van der Waals surface area contributed by atoms with Crippen molar-refractivity contribution in [3.05, 3.63) is 41.0 Å². The Morgan fingerprint density at radius 3 is 2.95 bits per heavy atom. The van der Waals surface area contributed by atoms with Gasteiger partial charge in [0.15, 0.2) is 5.75 Å². The van der Waals surface area contributed by atoms with E-state index in [-0.39, 0.29) is 23.1 Å². The van der Waals surface area contributed by atoms with Gasteiger partial charge >= 0.3 is 5.69 Å². The fourth-order valence-corrected chi connectivity index (χ4v) is 1.88. The van der Waals surface area contributed by atoms with Gasteiger partial charge in [-0.3, -0.25) is 14.9 Å². The van der Waals surface area contributed by atoms with E-state index in [0.29, 0.717) is 11.4 Å². The van der Waals surface area contributed by atoms with Crippen molar-refractivity contribution in [1.82, 2.24) is 0 Å². The first-order valence-electron chi connectivity index (χ1n) is 5.39. The van der Waals surface area contributed by atoms with Crippen LogP contribution in [0.3, 0.4) is 0 Å². The third-order valence-electron chi connectivity index (χ3n) is 2.13. The Kier molecular flexibility index (Phi) is 5.87. The van der Waals surface area contributed by atoms with Gasteiger partial charge in [0.25, 0.3) is 0 Å². The normalized spacial score (nSPS) is 9.74. The maximum absolute atomic E-state index is 11.6. The zero-order chi connectivity index (χ0) is 14.3. The molecule has 0 aliphatic carbocycles. The second-order valence-electron chi connectivity index (χ2n) is 3.50. The van der Waals surface area contributed by atoms with E-state index in [1.54, 1.807) is 12.1 Å². The topological polar surface area (TPSA) is 81.5 Å². The molecule has 0 saturated heterocycles. The van der Waals surface area contributed by atoms with Gasteiger partial charge in [-0.05, 0) is 12.1 Å². The highest BCUT2D eigenvalue weighted by Gasteiger charge is 2.15. The summed E-state index contributed by atoms with van der Waals surface area (Å²) in [5, 5.41) is 13.4. The minimum atomic E-state index is -0.555. The molecule has 0 unspecified atom stereocenters. The number of nitrogens with one attached hydrogen (secondary N) is 1. The average molecular weight is 282 g/mol. The molecule has 7 heteroatoms. The van der Waals surface area contributed by atoms with Crippen LogP contribution in [-0.2, 0) is 4.79 Å². The van der Waals surface area contributed by atoms with Gasteiger partial charge in [0.1, 0.15) is 0 Å². The Hall–Kier alpha value is -2.02. The summed E-state index contributed by atoms with van der Waals surface area (Å²) in [7, 11) is 1.35. The van der Waals surface area contributed by atoms with Crippen molar-refractivity contribution < 1.29 is 14.5 Å².